The van der Waals surface area contributed by atoms with E-state index in [-0.39, 0.29) is 24.9 Å². The van der Waals surface area contributed by atoms with Crippen LogP contribution in [0, 0.1) is 6.92 Å². The molecule has 2 aromatic carbocycles. The first-order valence-corrected chi connectivity index (χ1v) is 11.6. The van der Waals surface area contributed by atoms with Gasteiger partial charge in [0.2, 0.25) is 0 Å². The topological polar surface area (TPSA) is 54.9 Å². The van der Waals surface area contributed by atoms with Crippen LogP contribution in [-0.4, -0.2) is 55.2 Å². The van der Waals surface area contributed by atoms with Gasteiger partial charge in [0.25, 0.3) is 5.91 Å². The van der Waals surface area contributed by atoms with E-state index in [0.717, 1.165) is 41.2 Å². The SMILES string of the molecule is CCOc1ccc2nc(N(CCN(CC)CC)C(=O)COc3ccc(C)cc3)sc2c1.Cl. The molecule has 6 nitrogen and oxygen atoms in total. The van der Waals surface area contributed by atoms with E-state index in [4.69, 9.17) is 14.5 Å². The Hall–Kier alpha value is -2.35. The van der Waals surface area contributed by atoms with Gasteiger partial charge in [-0.25, -0.2) is 4.98 Å². The highest BCUT2D eigenvalue weighted by atomic mass is 35.5. The standard InChI is InChI=1S/C24H31N3O3S.ClH/c1-5-26(6-2)14-15-27(23(28)17-30-19-10-8-18(4)9-11-19)24-25-21-13-12-20(29-7-3)16-22(21)31-24;/h8-13,16H,5-7,14-15,17H2,1-4H3;1H. The summed E-state index contributed by atoms with van der Waals surface area (Å²) in [7, 11) is 0. The van der Waals surface area contributed by atoms with Crippen LogP contribution in [0.4, 0.5) is 5.13 Å². The molecule has 0 aliphatic heterocycles. The summed E-state index contributed by atoms with van der Waals surface area (Å²) in [6, 6.07) is 13.6. The smallest absolute Gasteiger partial charge is 0.266 e. The zero-order chi connectivity index (χ0) is 22.2. The third kappa shape index (κ3) is 6.82. The summed E-state index contributed by atoms with van der Waals surface area (Å²) in [6.07, 6.45) is 0. The number of aromatic nitrogens is 1. The average Bonchev–Trinajstić information content (AvgIpc) is 3.19. The molecule has 1 aromatic heterocycles. The maximum atomic E-state index is 13.1. The normalized spacial score (nSPS) is 10.8. The number of halogens is 1. The zero-order valence-corrected chi connectivity index (χ0v) is 20.8. The van der Waals surface area contributed by atoms with Crippen molar-refractivity contribution in [1.82, 2.24) is 9.88 Å². The first-order chi connectivity index (χ1) is 15.0. The third-order valence-electron chi connectivity index (χ3n) is 5.11. The van der Waals surface area contributed by atoms with Crippen molar-refractivity contribution >= 4 is 45.0 Å². The Morgan fingerprint density at radius 2 is 1.66 bits per heavy atom. The second-order valence-corrected chi connectivity index (χ2v) is 8.24. The first kappa shape index (κ1) is 25.9. The van der Waals surface area contributed by atoms with Gasteiger partial charge >= 0.3 is 0 Å². The molecular weight excluding hydrogens is 446 g/mol. The Kier molecular flexibility index (Phi) is 10.2. The van der Waals surface area contributed by atoms with Crippen LogP contribution in [0.1, 0.15) is 26.3 Å². The van der Waals surface area contributed by atoms with E-state index in [1.54, 1.807) is 4.90 Å². The van der Waals surface area contributed by atoms with Crippen molar-refractivity contribution in [2.75, 3.05) is 44.3 Å². The molecule has 0 atom stereocenters. The van der Waals surface area contributed by atoms with Gasteiger partial charge in [-0.15, -0.1) is 12.4 Å². The number of anilines is 1. The Labute approximate surface area is 200 Å². The summed E-state index contributed by atoms with van der Waals surface area (Å²) in [6.45, 7) is 12.1. The van der Waals surface area contributed by atoms with Crippen molar-refractivity contribution in [3.63, 3.8) is 0 Å². The summed E-state index contributed by atoms with van der Waals surface area (Å²) < 4.78 is 12.4. The number of carbonyl (C=O) groups excluding carboxylic acids is 1. The van der Waals surface area contributed by atoms with E-state index in [1.807, 2.05) is 56.3 Å². The van der Waals surface area contributed by atoms with Crippen molar-refractivity contribution < 1.29 is 14.3 Å². The van der Waals surface area contributed by atoms with Crippen LogP contribution < -0.4 is 14.4 Å². The number of nitrogens with zero attached hydrogens (tertiary/aromatic N) is 3. The number of hydrogen-bond donors (Lipinski definition) is 0. The van der Waals surface area contributed by atoms with Crippen molar-refractivity contribution in [3.8, 4) is 11.5 Å². The highest BCUT2D eigenvalue weighted by Gasteiger charge is 2.21. The minimum absolute atomic E-state index is 0. The number of ether oxygens (including phenoxy) is 2. The molecule has 8 heteroatoms. The molecule has 0 radical (unpaired) electrons. The molecule has 3 aromatic rings. The molecule has 0 aliphatic rings. The highest BCUT2D eigenvalue weighted by Crippen LogP contribution is 2.31. The molecule has 32 heavy (non-hydrogen) atoms. The Morgan fingerprint density at radius 3 is 2.31 bits per heavy atom. The van der Waals surface area contributed by atoms with E-state index < -0.39 is 0 Å². The second kappa shape index (κ2) is 12.6. The van der Waals surface area contributed by atoms with Crippen molar-refractivity contribution in [1.29, 1.82) is 0 Å². The van der Waals surface area contributed by atoms with Crippen LogP contribution in [0.5, 0.6) is 11.5 Å². The first-order valence-electron chi connectivity index (χ1n) is 10.8. The predicted molar refractivity (Wildman–Crippen MR) is 135 cm³/mol. The Balaban J connectivity index is 0.00000363. The summed E-state index contributed by atoms with van der Waals surface area (Å²) in [5.41, 5.74) is 2.02. The van der Waals surface area contributed by atoms with Crippen molar-refractivity contribution in [2.45, 2.75) is 27.7 Å². The van der Waals surface area contributed by atoms with Crippen molar-refractivity contribution in [3.05, 3.63) is 48.0 Å². The van der Waals surface area contributed by atoms with Gasteiger partial charge in [0.15, 0.2) is 11.7 Å². The number of aryl methyl sites for hydroxylation is 1. The molecule has 1 amide bonds. The lowest BCUT2D eigenvalue weighted by Gasteiger charge is -2.24. The van der Waals surface area contributed by atoms with Crippen LogP contribution in [0.15, 0.2) is 42.5 Å². The molecule has 0 saturated heterocycles. The zero-order valence-electron chi connectivity index (χ0n) is 19.2. The molecule has 0 unspecified atom stereocenters. The molecule has 0 saturated carbocycles. The van der Waals surface area contributed by atoms with E-state index in [2.05, 4.69) is 18.7 Å². The van der Waals surface area contributed by atoms with Gasteiger partial charge in [0, 0.05) is 13.1 Å². The molecule has 0 spiro atoms. The number of rotatable bonds is 11. The van der Waals surface area contributed by atoms with Crippen LogP contribution in [0.2, 0.25) is 0 Å². The average molecular weight is 478 g/mol. The molecule has 174 valence electrons. The number of thiazole rings is 1. The van der Waals surface area contributed by atoms with Crippen LogP contribution >= 0.6 is 23.7 Å². The molecular formula is C24H32ClN3O3S. The minimum atomic E-state index is -0.100. The summed E-state index contributed by atoms with van der Waals surface area (Å²) in [5, 5.41) is 0.688. The Bertz CT molecular complexity index is 990. The molecule has 1 heterocycles. The van der Waals surface area contributed by atoms with E-state index >= 15 is 0 Å². The number of fused-ring (bicyclic) bond motifs is 1. The number of amides is 1. The second-order valence-electron chi connectivity index (χ2n) is 7.23. The van der Waals surface area contributed by atoms with E-state index in [1.165, 1.54) is 11.3 Å². The number of carbonyl (C=O) groups is 1. The van der Waals surface area contributed by atoms with Crippen LogP contribution in [-0.2, 0) is 4.79 Å². The van der Waals surface area contributed by atoms with Gasteiger partial charge in [-0.05, 0) is 57.3 Å². The van der Waals surface area contributed by atoms with Gasteiger partial charge in [0.1, 0.15) is 11.5 Å². The van der Waals surface area contributed by atoms with Gasteiger partial charge in [-0.2, -0.15) is 0 Å². The van der Waals surface area contributed by atoms with Gasteiger partial charge in [-0.3, -0.25) is 9.69 Å². The van der Waals surface area contributed by atoms with Gasteiger partial charge in [-0.1, -0.05) is 42.9 Å². The van der Waals surface area contributed by atoms with Crippen molar-refractivity contribution in [2.24, 2.45) is 0 Å². The summed E-state index contributed by atoms with van der Waals surface area (Å²) in [4.78, 5) is 21.9. The number of likely N-dealkylation sites (N-methyl/N-ethyl adjacent to an activating group) is 1. The third-order valence-corrected chi connectivity index (χ3v) is 6.15. The minimum Gasteiger partial charge on any atom is -0.494 e. The lowest BCUT2D eigenvalue weighted by Crippen LogP contribution is -2.41. The van der Waals surface area contributed by atoms with Gasteiger partial charge in [0.05, 0.1) is 16.8 Å². The fourth-order valence-electron chi connectivity index (χ4n) is 3.23. The summed E-state index contributed by atoms with van der Waals surface area (Å²) >= 11 is 1.50. The van der Waals surface area contributed by atoms with Crippen LogP contribution in [0.25, 0.3) is 10.2 Å². The number of benzene rings is 2. The molecule has 0 bridgehead atoms. The van der Waals surface area contributed by atoms with E-state index in [9.17, 15) is 4.79 Å². The highest BCUT2D eigenvalue weighted by molar-refractivity contribution is 7.22. The largest absolute Gasteiger partial charge is 0.494 e. The fourth-order valence-corrected chi connectivity index (χ4v) is 4.27. The quantitative estimate of drug-likeness (QED) is 0.381. The number of hydrogen-bond acceptors (Lipinski definition) is 6. The van der Waals surface area contributed by atoms with Gasteiger partial charge < -0.3 is 14.4 Å². The molecule has 0 fully saturated rings. The summed E-state index contributed by atoms with van der Waals surface area (Å²) in [5.74, 6) is 1.40. The molecule has 0 aliphatic carbocycles. The van der Waals surface area contributed by atoms with Crippen LogP contribution in [0.3, 0.4) is 0 Å². The Morgan fingerprint density at radius 1 is 0.969 bits per heavy atom. The predicted octanol–water partition coefficient (Wildman–Crippen LogP) is 5.18. The van der Waals surface area contributed by atoms with E-state index in [0.29, 0.717) is 24.0 Å². The lowest BCUT2D eigenvalue weighted by atomic mass is 10.2. The fraction of sp³-hybridized carbons (Fsp3) is 0.417. The maximum absolute atomic E-state index is 13.1. The molecule has 3 rings (SSSR count). The lowest BCUT2D eigenvalue weighted by molar-refractivity contribution is -0.120. The monoisotopic (exact) mass is 477 g/mol. The molecule has 0 N–H and O–H groups in total. The maximum Gasteiger partial charge on any atom is 0.266 e.